The Morgan fingerprint density at radius 3 is 2.59 bits per heavy atom. The summed E-state index contributed by atoms with van der Waals surface area (Å²) in [4.78, 5) is 13.7. The Kier molecular flexibility index (Phi) is 4.43. The van der Waals surface area contributed by atoms with Gasteiger partial charge in [0.25, 0.3) is 0 Å². The highest BCUT2D eigenvalue weighted by atomic mass is 16.3. The Labute approximate surface area is 155 Å². The van der Waals surface area contributed by atoms with E-state index in [0.29, 0.717) is 5.82 Å². The Bertz CT molecular complexity index is 1100. The molecule has 1 amide bonds. The highest BCUT2D eigenvalue weighted by molar-refractivity contribution is 5.92. The van der Waals surface area contributed by atoms with E-state index in [1.165, 1.54) is 11.0 Å². The first-order valence-corrected chi connectivity index (χ1v) is 8.57. The standard InChI is InChI=1S/C20H19N5O2/c1-24-21-11-19(23-24)22-20(27)12-25-9-8-17-10-16(6-7-18(17)25)15-4-2-14(13-26)3-5-15/h2-11,26H,12-13H2,1H3,(H,22,23,27). The summed E-state index contributed by atoms with van der Waals surface area (Å²) in [6.45, 7) is 0.239. The second-order valence-corrected chi connectivity index (χ2v) is 6.34. The molecule has 136 valence electrons. The average molecular weight is 361 g/mol. The summed E-state index contributed by atoms with van der Waals surface area (Å²) in [6, 6.07) is 16.0. The van der Waals surface area contributed by atoms with Crippen LogP contribution in [-0.4, -0.2) is 30.6 Å². The third-order valence-electron chi connectivity index (χ3n) is 4.42. The lowest BCUT2D eigenvalue weighted by Gasteiger charge is -2.07. The molecule has 0 fully saturated rings. The molecule has 27 heavy (non-hydrogen) atoms. The number of aliphatic hydroxyl groups is 1. The van der Waals surface area contributed by atoms with Gasteiger partial charge in [-0.1, -0.05) is 30.3 Å². The van der Waals surface area contributed by atoms with Gasteiger partial charge in [-0.05, 0) is 34.9 Å². The fraction of sp³-hybridized carbons (Fsp3) is 0.150. The number of carbonyl (C=O) groups is 1. The van der Waals surface area contributed by atoms with E-state index in [2.05, 4.69) is 21.6 Å². The van der Waals surface area contributed by atoms with Crippen LogP contribution in [0.3, 0.4) is 0 Å². The van der Waals surface area contributed by atoms with E-state index in [9.17, 15) is 4.79 Å². The molecule has 2 aromatic carbocycles. The molecular formula is C20H19N5O2. The second kappa shape index (κ2) is 7.05. The predicted octanol–water partition coefficient (Wildman–Crippen LogP) is 2.57. The normalized spacial score (nSPS) is 11.0. The molecule has 2 heterocycles. The van der Waals surface area contributed by atoms with Crippen molar-refractivity contribution in [3.05, 3.63) is 66.5 Å². The van der Waals surface area contributed by atoms with Crippen LogP contribution < -0.4 is 5.32 Å². The molecule has 0 aliphatic rings. The second-order valence-electron chi connectivity index (χ2n) is 6.34. The maximum atomic E-state index is 12.3. The van der Waals surface area contributed by atoms with Crippen molar-refractivity contribution in [1.29, 1.82) is 0 Å². The monoisotopic (exact) mass is 361 g/mol. The zero-order valence-corrected chi connectivity index (χ0v) is 14.8. The van der Waals surface area contributed by atoms with Crippen molar-refractivity contribution in [2.75, 3.05) is 5.32 Å². The van der Waals surface area contributed by atoms with Gasteiger partial charge in [0.05, 0.1) is 12.8 Å². The number of amides is 1. The number of aromatic nitrogens is 4. The van der Waals surface area contributed by atoms with Gasteiger partial charge in [-0.3, -0.25) is 4.79 Å². The van der Waals surface area contributed by atoms with Crippen LogP contribution in [0.1, 0.15) is 5.56 Å². The zero-order valence-electron chi connectivity index (χ0n) is 14.8. The third-order valence-corrected chi connectivity index (χ3v) is 4.42. The van der Waals surface area contributed by atoms with Crippen molar-refractivity contribution in [2.24, 2.45) is 7.05 Å². The van der Waals surface area contributed by atoms with Crippen LogP contribution in [0.25, 0.3) is 22.0 Å². The molecular weight excluding hydrogens is 342 g/mol. The molecule has 0 spiro atoms. The maximum absolute atomic E-state index is 12.3. The number of benzene rings is 2. The summed E-state index contributed by atoms with van der Waals surface area (Å²) in [5, 5.41) is 21.0. The summed E-state index contributed by atoms with van der Waals surface area (Å²) in [5.74, 6) is 0.282. The van der Waals surface area contributed by atoms with Crippen molar-refractivity contribution in [1.82, 2.24) is 19.6 Å². The molecule has 2 aromatic heterocycles. The van der Waals surface area contributed by atoms with E-state index < -0.39 is 0 Å². The van der Waals surface area contributed by atoms with Gasteiger partial charge in [0.15, 0.2) is 5.82 Å². The molecule has 4 aromatic rings. The Morgan fingerprint density at radius 1 is 1.11 bits per heavy atom. The first-order chi connectivity index (χ1) is 13.1. The lowest BCUT2D eigenvalue weighted by Crippen LogP contribution is -2.18. The van der Waals surface area contributed by atoms with E-state index in [4.69, 9.17) is 5.11 Å². The lowest BCUT2D eigenvalue weighted by atomic mass is 10.0. The molecule has 0 saturated heterocycles. The highest BCUT2D eigenvalue weighted by Gasteiger charge is 2.09. The fourth-order valence-corrected chi connectivity index (χ4v) is 3.06. The molecule has 2 N–H and O–H groups in total. The smallest absolute Gasteiger partial charge is 0.245 e. The topological polar surface area (TPSA) is 85.0 Å². The maximum Gasteiger partial charge on any atom is 0.245 e. The largest absolute Gasteiger partial charge is 0.392 e. The van der Waals surface area contributed by atoms with Crippen LogP contribution in [0.4, 0.5) is 5.82 Å². The van der Waals surface area contributed by atoms with Gasteiger partial charge < -0.3 is 15.0 Å². The molecule has 0 bridgehead atoms. The van der Waals surface area contributed by atoms with Crippen LogP contribution in [0.15, 0.2) is 60.9 Å². The number of aliphatic hydroxyl groups excluding tert-OH is 1. The van der Waals surface area contributed by atoms with Gasteiger partial charge >= 0.3 is 0 Å². The number of carbonyl (C=O) groups excluding carboxylic acids is 1. The van der Waals surface area contributed by atoms with E-state index in [1.807, 2.05) is 53.2 Å². The number of nitrogens with zero attached hydrogens (tertiary/aromatic N) is 4. The fourth-order valence-electron chi connectivity index (χ4n) is 3.06. The van der Waals surface area contributed by atoms with Gasteiger partial charge in [-0.15, -0.1) is 5.10 Å². The van der Waals surface area contributed by atoms with Crippen LogP contribution in [-0.2, 0) is 25.0 Å². The van der Waals surface area contributed by atoms with Gasteiger partial charge in [0, 0.05) is 24.1 Å². The van der Waals surface area contributed by atoms with Crippen molar-refractivity contribution < 1.29 is 9.90 Å². The van der Waals surface area contributed by atoms with Gasteiger partial charge in [0.2, 0.25) is 5.91 Å². The van der Waals surface area contributed by atoms with E-state index in [-0.39, 0.29) is 19.1 Å². The number of nitrogens with one attached hydrogen (secondary N) is 1. The average Bonchev–Trinajstić information content (AvgIpc) is 3.27. The Balaban J connectivity index is 1.54. The number of aryl methyl sites for hydroxylation is 1. The van der Waals surface area contributed by atoms with Crippen LogP contribution in [0, 0.1) is 0 Å². The Hall–Kier alpha value is -3.45. The molecule has 0 saturated carbocycles. The summed E-state index contributed by atoms with van der Waals surface area (Å²) >= 11 is 0. The van der Waals surface area contributed by atoms with E-state index in [1.54, 1.807) is 7.05 Å². The molecule has 0 atom stereocenters. The van der Waals surface area contributed by atoms with Crippen molar-refractivity contribution in [3.8, 4) is 11.1 Å². The molecule has 0 radical (unpaired) electrons. The predicted molar refractivity (Wildman–Crippen MR) is 103 cm³/mol. The van der Waals surface area contributed by atoms with E-state index >= 15 is 0 Å². The first-order valence-electron chi connectivity index (χ1n) is 8.57. The number of rotatable bonds is 5. The summed E-state index contributed by atoms with van der Waals surface area (Å²) in [6.07, 6.45) is 3.42. The van der Waals surface area contributed by atoms with Crippen LogP contribution in [0.5, 0.6) is 0 Å². The minimum Gasteiger partial charge on any atom is -0.392 e. The highest BCUT2D eigenvalue weighted by Crippen LogP contribution is 2.25. The van der Waals surface area contributed by atoms with Crippen LogP contribution in [0.2, 0.25) is 0 Å². The van der Waals surface area contributed by atoms with Crippen LogP contribution >= 0.6 is 0 Å². The molecule has 0 aliphatic carbocycles. The quantitative estimate of drug-likeness (QED) is 0.572. The molecule has 4 rings (SSSR count). The van der Waals surface area contributed by atoms with Crippen molar-refractivity contribution >= 4 is 22.6 Å². The third kappa shape index (κ3) is 3.58. The first kappa shape index (κ1) is 17.0. The summed E-state index contributed by atoms with van der Waals surface area (Å²) < 4.78 is 1.90. The summed E-state index contributed by atoms with van der Waals surface area (Å²) in [5.41, 5.74) is 4.05. The molecule has 7 heteroatoms. The van der Waals surface area contributed by atoms with Gasteiger partial charge in [0.1, 0.15) is 6.54 Å². The van der Waals surface area contributed by atoms with Crippen molar-refractivity contribution in [2.45, 2.75) is 13.2 Å². The van der Waals surface area contributed by atoms with Crippen molar-refractivity contribution in [3.63, 3.8) is 0 Å². The zero-order chi connectivity index (χ0) is 18.8. The SMILES string of the molecule is Cn1ncc(NC(=O)Cn2ccc3cc(-c4ccc(CO)cc4)ccc32)n1. The Morgan fingerprint density at radius 2 is 1.89 bits per heavy atom. The molecule has 0 unspecified atom stereocenters. The number of fused-ring (bicyclic) bond motifs is 1. The number of hydrogen-bond acceptors (Lipinski definition) is 4. The number of anilines is 1. The molecule has 0 aliphatic heterocycles. The van der Waals surface area contributed by atoms with Gasteiger partial charge in [-0.25, -0.2) is 0 Å². The van der Waals surface area contributed by atoms with Gasteiger partial charge in [-0.2, -0.15) is 9.90 Å². The number of hydrogen-bond donors (Lipinski definition) is 2. The summed E-state index contributed by atoms with van der Waals surface area (Å²) in [7, 11) is 1.70. The minimum absolute atomic E-state index is 0.0405. The van der Waals surface area contributed by atoms with E-state index in [0.717, 1.165) is 27.6 Å². The molecule has 7 nitrogen and oxygen atoms in total. The lowest BCUT2D eigenvalue weighted by molar-refractivity contribution is -0.116. The minimum atomic E-state index is -0.156.